The maximum atomic E-state index is 13.5. The van der Waals surface area contributed by atoms with Crippen LogP contribution < -0.4 is 4.90 Å². The molecule has 34 heavy (non-hydrogen) atoms. The van der Waals surface area contributed by atoms with Crippen molar-refractivity contribution < 1.29 is 18.0 Å². The van der Waals surface area contributed by atoms with Gasteiger partial charge in [0.15, 0.2) is 0 Å². The molecule has 1 aliphatic heterocycles. The molecule has 1 aromatic carbocycles. The Labute approximate surface area is 200 Å². The topological polar surface area (TPSA) is 67.2 Å². The van der Waals surface area contributed by atoms with Gasteiger partial charge < -0.3 is 9.80 Å². The fraction of sp³-hybridized carbons (Fsp3) is 0.478. The molecule has 1 aliphatic rings. The first-order valence-corrected chi connectivity index (χ1v) is 12.0. The zero-order chi connectivity index (χ0) is 24.6. The van der Waals surface area contributed by atoms with Gasteiger partial charge in [-0.2, -0.15) is 18.3 Å². The molecule has 0 aliphatic carbocycles. The van der Waals surface area contributed by atoms with Crippen LogP contribution in [0.2, 0.25) is 0 Å². The van der Waals surface area contributed by atoms with Crippen molar-refractivity contribution in [1.82, 2.24) is 24.6 Å². The lowest BCUT2D eigenvalue weighted by Crippen LogP contribution is -2.54. The van der Waals surface area contributed by atoms with Crippen LogP contribution in [0.4, 0.5) is 18.2 Å². The van der Waals surface area contributed by atoms with E-state index in [-0.39, 0.29) is 18.5 Å². The SMILES string of the molecule is CCc1ccc(-c2nc(C(F)(F)F)sc2N2CCN(C(=O)Cn3nc(C)nc3C)[C@H](C)C2)cc1. The quantitative estimate of drug-likeness (QED) is 0.530. The number of carbonyl (C=O) groups is 1. The largest absolute Gasteiger partial charge is 0.443 e. The van der Waals surface area contributed by atoms with E-state index in [2.05, 4.69) is 15.1 Å². The highest BCUT2D eigenvalue weighted by molar-refractivity contribution is 7.16. The number of anilines is 1. The Morgan fingerprint density at radius 2 is 1.85 bits per heavy atom. The van der Waals surface area contributed by atoms with E-state index in [0.717, 1.165) is 12.0 Å². The van der Waals surface area contributed by atoms with Crippen LogP contribution >= 0.6 is 11.3 Å². The molecule has 3 aromatic rings. The highest BCUT2D eigenvalue weighted by atomic mass is 32.1. The molecule has 0 unspecified atom stereocenters. The number of hydrogen-bond donors (Lipinski definition) is 0. The minimum absolute atomic E-state index is 0.0872. The predicted octanol–water partition coefficient (Wildman–Crippen LogP) is 4.34. The van der Waals surface area contributed by atoms with E-state index in [1.165, 1.54) is 0 Å². The highest BCUT2D eigenvalue weighted by Gasteiger charge is 2.38. The van der Waals surface area contributed by atoms with Crippen molar-refractivity contribution in [3.05, 3.63) is 46.5 Å². The average molecular weight is 493 g/mol. The highest BCUT2D eigenvalue weighted by Crippen LogP contribution is 2.43. The second-order valence-electron chi connectivity index (χ2n) is 8.47. The number of alkyl halides is 3. The minimum Gasteiger partial charge on any atom is -0.358 e. The van der Waals surface area contributed by atoms with E-state index >= 15 is 0 Å². The Morgan fingerprint density at radius 3 is 2.41 bits per heavy atom. The van der Waals surface area contributed by atoms with Gasteiger partial charge in [0.1, 0.15) is 28.9 Å². The number of nitrogens with zero attached hydrogens (tertiary/aromatic N) is 6. The number of benzene rings is 1. The van der Waals surface area contributed by atoms with Crippen molar-refractivity contribution in [2.45, 2.75) is 52.9 Å². The summed E-state index contributed by atoms with van der Waals surface area (Å²) in [5.74, 6) is 1.18. The maximum Gasteiger partial charge on any atom is 0.443 e. The van der Waals surface area contributed by atoms with Crippen molar-refractivity contribution in [3.63, 3.8) is 0 Å². The summed E-state index contributed by atoms with van der Waals surface area (Å²) >= 11 is 0.661. The van der Waals surface area contributed by atoms with Crippen molar-refractivity contribution in [2.75, 3.05) is 24.5 Å². The standard InChI is InChI=1S/C23H27F3N6OS/c1-5-17-6-8-18(9-7-17)20-21(34-22(28-20)23(24,25)26)30-10-11-31(14(2)12-30)19(33)13-32-16(4)27-15(3)29-32/h6-9,14H,5,10-13H2,1-4H3/t14-/m1/s1. The summed E-state index contributed by atoms with van der Waals surface area (Å²) in [5.41, 5.74) is 2.10. The van der Waals surface area contributed by atoms with Gasteiger partial charge in [-0.05, 0) is 32.8 Å². The van der Waals surface area contributed by atoms with Crippen LogP contribution in [-0.4, -0.2) is 56.2 Å². The first-order chi connectivity index (χ1) is 16.1. The van der Waals surface area contributed by atoms with Crippen LogP contribution in [0.1, 0.15) is 36.1 Å². The second-order valence-corrected chi connectivity index (χ2v) is 9.44. The van der Waals surface area contributed by atoms with Gasteiger partial charge in [0.25, 0.3) is 0 Å². The van der Waals surface area contributed by atoms with Gasteiger partial charge in [0.05, 0.1) is 0 Å². The van der Waals surface area contributed by atoms with E-state index in [4.69, 9.17) is 0 Å². The fourth-order valence-corrected chi connectivity index (χ4v) is 5.17. The smallest absolute Gasteiger partial charge is 0.358 e. The molecule has 3 heterocycles. The third-order valence-corrected chi connectivity index (χ3v) is 7.13. The van der Waals surface area contributed by atoms with Crippen LogP contribution in [0, 0.1) is 13.8 Å². The summed E-state index contributed by atoms with van der Waals surface area (Å²) in [6, 6.07) is 7.29. The van der Waals surface area contributed by atoms with Gasteiger partial charge in [-0.3, -0.25) is 4.79 Å². The number of aromatic nitrogens is 4. The third kappa shape index (κ3) is 4.94. The molecule has 0 N–H and O–H groups in total. The Bertz CT molecular complexity index is 1170. The molecule has 1 saturated heterocycles. The molecule has 7 nitrogen and oxygen atoms in total. The van der Waals surface area contributed by atoms with Gasteiger partial charge >= 0.3 is 6.18 Å². The lowest BCUT2D eigenvalue weighted by atomic mass is 10.1. The maximum absolute atomic E-state index is 13.5. The molecule has 11 heteroatoms. The normalized spacial score (nSPS) is 16.9. The molecule has 1 atom stereocenters. The molecule has 182 valence electrons. The van der Waals surface area contributed by atoms with Crippen molar-refractivity contribution in [2.24, 2.45) is 0 Å². The summed E-state index contributed by atoms with van der Waals surface area (Å²) in [7, 11) is 0. The van der Waals surface area contributed by atoms with Crippen LogP contribution in [0.15, 0.2) is 24.3 Å². The van der Waals surface area contributed by atoms with Crippen molar-refractivity contribution >= 4 is 22.2 Å². The van der Waals surface area contributed by atoms with E-state index in [0.29, 0.717) is 58.9 Å². The summed E-state index contributed by atoms with van der Waals surface area (Å²) in [6.45, 7) is 8.83. The van der Waals surface area contributed by atoms with E-state index in [1.807, 2.05) is 43.0 Å². The van der Waals surface area contributed by atoms with Gasteiger partial charge in [0.2, 0.25) is 10.9 Å². The summed E-state index contributed by atoms with van der Waals surface area (Å²) in [5, 5.41) is 3.87. The van der Waals surface area contributed by atoms with Crippen LogP contribution in [-0.2, 0) is 23.9 Å². The van der Waals surface area contributed by atoms with Gasteiger partial charge in [-0.1, -0.05) is 42.5 Å². The zero-order valence-electron chi connectivity index (χ0n) is 19.6. The van der Waals surface area contributed by atoms with E-state index < -0.39 is 11.2 Å². The second kappa shape index (κ2) is 9.36. The first kappa shape index (κ1) is 24.2. The minimum atomic E-state index is -4.52. The van der Waals surface area contributed by atoms with Crippen molar-refractivity contribution in [3.8, 4) is 11.3 Å². The predicted molar refractivity (Wildman–Crippen MR) is 125 cm³/mol. The third-order valence-electron chi connectivity index (χ3n) is 5.97. The van der Waals surface area contributed by atoms with Crippen LogP contribution in [0.25, 0.3) is 11.3 Å². The molecule has 4 rings (SSSR count). The average Bonchev–Trinajstić information content (AvgIpc) is 3.37. The first-order valence-electron chi connectivity index (χ1n) is 11.2. The lowest BCUT2D eigenvalue weighted by Gasteiger charge is -2.40. The number of piperazine rings is 1. The molecule has 0 radical (unpaired) electrons. The molecular formula is C23H27F3N6OS. The molecule has 1 fully saturated rings. The summed E-state index contributed by atoms with van der Waals surface area (Å²) < 4.78 is 42.2. The number of hydrogen-bond acceptors (Lipinski definition) is 6. The number of rotatable bonds is 5. The molecule has 0 saturated carbocycles. The molecule has 0 bridgehead atoms. The molecule has 2 aromatic heterocycles. The van der Waals surface area contributed by atoms with Crippen molar-refractivity contribution in [1.29, 1.82) is 0 Å². The van der Waals surface area contributed by atoms with Crippen LogP contribution in [0.5, 0.6) is 0 Å². The number of halogens is 3. The van der Waals surface area contributed by atoms with E-state index in [1.54, 1.807) is 23.4 Å². The van der Waals surface area contributed by atoms with Gasteiger partial charge in [-0.15, -0.1) is 0 Å². The Morgan fingerprint density at radius 1 is 1.15 bits per heavy atom. The zero-order valence-corrected chi connectivity index (χ0v) is 20.4. The van der Waals surface area contributed by atoms with Gasteiger partial charge in [-0.25, -0.2) is 14.6 Å². The summed E-state index contributed by atoms with van der Waals surface area (Å²) in [4.78, 5) is 24.8. The Kier molecular flexibility index (Phi) is 6.66. The molecular weight excluding hydrogens is 465 g/mol. The van der Waals surface area contributed by atoms with Crippen LogP contribution in [0.3, 0.4) is 0 Å². The van der Waals surface area contributed by atoms with E-state index in [9.17, 15) is 18.0 Å². The molecule has 0 spiro atoms. The number of carbonyl (C=O) groups excluding carboxylic acids is 1. The number of thiazole rings is 1. The fourth-order valence-electron chi connectivity index (χ4n) is 4.18. The summed E-state index contributed by atoms with van der Waals surface area (Å²) in [6.07, 6.45) is -3.67. The van der Waals surface area contributed by atoms with Gasteiger partial charge in [0, 0.05) is 31.2 Å². The number of amides is 1. The number of aryl methyl sites for hydroxylation is 3. The Hall–Kier alpha value is -2.95. The Balaban J connectivity index is 1.56. The molecule has 1 amide bonds. The lowest BCUT2D eigenvalue weighted by molar-refractivity contribution is -0.137. The monoisotopic (exact) mass is 492 g/mol.